The normalized spacial score (nSPS) is 17.1. The molecule has 0 aliphatic carbocycles. The summed E-state index contributed by atoms with van der Waals surface area (Å²) >= 11 is 0. The summed E-state index contributed by atoms with van der Waals surface area (Å²) in [6.45, 7) is 5.91. The van der Waals surface area contributed by atoms with Crippen molar-refractivity contribution in [1.82, 2.24) is 0 Å². The summed E-state index contributed by atoms with van der Waals surface area (Å²) in [4.78, 5) is 0. The van der Waals surface area contributed by atoms with Crippen molar-refractivity contribution >= 4 is 0 Å². The van der Waals surface area contributed by atoms with Gasteiger partial charge in [0.15, 0.2) is 0 Å². The Labute approximate surface area is 136 Å². The number of hydrogen-bond donors (Lipinski definition) is 3. The number of alkyl halides is 3. The first kappa shape index (κ1) is 21.4. The number of ether oxygens (including phenoxy) is 1. The Bertz CT molecular complexity index is 442. The zero-order valence-electron chi connectivity index (χ0n) is 14.0. The molecule has 0 heterocycles. The van der Waals surface area contributed by atoms with Gasteiger partial charge in [-0.2, -0.15) is 13.2 Å². The van der Waals surface area contributed by atoms with Gasteiger partial charge in [0.05, 0.1) is 23.3 Å². The number of hydrogen-bond acceptors (Lipinski definition) is 4. The second-order valence-electron chi connectivity index (χ2n) is 5.38. The van der Waals surface area contributed by atoms with Crippen LogP contribution >= 0.6 is 0 Å². The summed E-state index contributed by atoms with van der Waals surface area (Å²) in [5.74, 6) is 0.629. The third-order valence-corrected chi connectivity index (χ3v) is 3.26. The summed E-state index contributed by atoms with van der Waals surface area (Å²) in [7, 11) is 0. The average molecular weight is 335 g/mol. The van der Waals surface area contributed by atoms with Crippen molar-refractivity contribution in [2.24, 2.45) is 17.2 Å². The molecule has 2 unspecified atom stereocenters. The molecule has 0 amide bonds. The summed E-state index contributed by atoms with van der Waals surface area (Å²) in [6.07, 6.45) is 3.27. The zero-order valence-corrected chi connectivity index (χ0v) is 14.0. The Hall–Kier alpha value is -1.63. The van der Waals surface area contributed by atoms with E-state index in [0.29, 0.717) is 11.8 Å². The molecule has 7 heteroatoms. The molecule has 6 N–H and O–H groups in total. The molecular weight excluding hydrogens is 307 g/mol. The third-order valence-electron chi connectivity index (χ3n) is 3.26. The zero-order chi connectivity index (χ0) is 18.0. The Balaban J connectivity index is 4.80. The smallest absolute Gasteiger partial charge is 0.407 e. The van der Waals surface area contributed by atoms with E-state index in [4.69, 9.17) is 21.9 Å². The predicted octanol–water partition coefficient (Wildman–Crippen LogP) is 3.45. The van der Waals surface area contributed by atoms with Crippen molar-refractivity contribution in [3.63, 3.8) is 0 Å². The van der Waals surface area contributed by atoms with E-state index in [0.717, 1.165) is 25.7 Å². The molecule has 0 aromatic rings. The van der Waals surface area contributed by atoms with E-state index in [-0.39, 0.29) is 17.5 Å². The van der Waals surface area contributed by atoms with E-state index in [1.165, 1.54) is 6.08 Å². The molecule has 23 heavy (non-hydrogen) atoms. The maximum Gasteiger partial charge on any atom is 0.407 e. The molecule has 0 aliphatic heterocycles. The van der Waals surface area contributed by atoms with Gasteiger partial charge < -0.3 is 21.9 Å². The molecule has 0 saturated heterocycles. The van der Waals surface area contributed by atoms with Gasteiger partial charge in [-0.25, -0.2) is 0 Å². The molecular formula is C16H28F3N3O. The van der Waals surface area contributed by atoms with Gasteiger partial charge in [0.1, 0.15) is 6.04 Å². The van der Waals surface area contributed by atoms with Gasteiger partial charge in [0.2, 0.25) is 0 Å². The van der Waals surface area contributed by atoms with Crippen LogP contribution in [-0.4, -0.2) is 18.3 Å². The fraction of sp³-hybridized carbons (Fsp3) is 0.625. The molecule has 0 aromatic carbocycles. The maximum atomic E-state index is 12.4. The second-order valence-corrected chi connectivity index (χ2v) is 5.38. The van der Waals surface area contributed by atoms with Crippen molar-refractivity contribution in [2.75, 3.05) is 0 Å². The first-order valence-electron chi connectivity index (χ1n) is 7.72. The fourth-order valence-electron chi connectivity index (χ4n) is 1.77. The van der Waals surface area contributed by atoms with Gasteiger partial charge in [0, 0.05) is 0 Å². The van der Waals surface area contributed by atoms with Gasteiger partial charge in [-0.3, -0.25) is 0 Å². The van der Waals surface area contributed by atoms with Gasteiger partial charge >= 0.3 is 6.18 Å². The van der Waals surface area contributed by atoms with Crippen LogP contribution in [0.1, 0.15) is 46.5 Å². The van der Waals surface area contributed by atoms with E-state index >= 15 is 0 Å². The second kappa shape index (κ2) is 10.2. The van der Waals surface area contributed by atoms with E-state index in [1.54, 1.807) is 13.0 Å². The minimum atomic E-state index is -4.55. The van der Waals surface area contributed by atoms with Crippen LogP contribution in [0.5, 0.6) is 0 Å². The molecule has 0 rings (SSSR count). The van der Waals surface area contributed by atoms with Gasteiger partial charge in [-0.05, 0) is 38.0 Å². The van der Waals surface area contributed by atoms with Crippen molar-refractivity contribution in [1.29, 1.82) is 0 Å². The standard InChI is InChI=1S/C16H28F3N3O/c1-4-6-7-12(5-2)23-11(3)8-9-13(20)14(21)10-15(22)16(17,18)19/h8-10,12,15H,4-7,20-22H2,1-3H3/b11-8+,13-9-,14-10?. The van der Waals surface area contributed by atoms with Crippen LogP contribution in [0.3, 0.4) is 0 Å². The molecule has 0 radical (unpaired) electrons. The molecule has 0 fully saturated rings. The predicted molar refractivity (Wildman–Crippen MR) is 87.0 cm³/mol. The minimum Gasteiger partial charge on any atom is -0.495 e. The summed E-state index contributed by atoms with van der Waals surface area (Å²) in [5, 5.41) is 0. The number of nitrogens with two attached hydrogens (primary N) is 3. The van der Waals surface area contributed by atoms with Gasteiger partial charge in [0.25, 0.3) is 0 Å². The van der Waals surface area contributed by atoms with E-state index < -0.39 is 12.2 Å². The lowest BCUT2D eigenvalue weighted by atomic mass is 10.1. The van der Waals surface area contributed by atoms with Crippen molar-refractivity contribution in [3.8, 4) is 0 Å². The number of halogens is 3. The average Bonchev–Trinajstić information content (AvgIpc) is 2.47. The molecule has 4 nitrogen and oxygen atoms in total. The quantitative estimate of drug-likeness (QED) is 0.445. The van der Waals surface area contributed by atoms with E-state index in [2.05, 4.69) is 6.92 Å². The van der Waals surface area contributed by atoms with Crippen LogP contribution in [0.15, 0.2) is 35.4 Å². The number of allylic oxidation sites excluding steroid dienone is 3. The highest BCUT2D eigenvalue weighted by Gasteiger charge is 2.35. The number of rotatable bonds is 9. The molecule has 0 spiro atoms. The molecule has 2 atom stereocenters. The van der Waals surface area contributed by atoms with Crippen LogP contribution in [-0.2, 0) is 4.74 Å². The molecule has 134 valence electrons. The van der Waals surface area contributed by atoms with Crippen LogP contribution in [0.4, 0.5) is 13.2 Å². The first-order chi connectivity index (χ1) is 10.6. The Morgan fingerprint density at radius 2 is 1.74 bits per heavy atom. The largest absolute Gasteiger partial charge is 0.495 e. The van der Waals surface area contributed by atoms with Gasteiger partial charge in [-0.15, -0.1) is 0 Å². The summed E-state index contributed by atoms with van der Waals surface area (Å²) in [5.41, 5.74) is 15.9. The minimum absolute atomic E-state index is 0.00857. The fourth-order valence-corrected chi connectivity index (χ4v) is 1.77. The van der Waals surface area contributed by atoms with E-state index in [1.807, 2.05) is 6.92 Å². The molecule has 0 aromatic heterocycles. The van der Waals surface area contributed by atoms with Crippen molar-refractivity contribution in [3.05, 3.63) is 35.4 Å². The van der Waals surface area contributed by atoms with Crippen molar-refractivity contribution in [2.45, 2.75) is 64.8 Å². The van der Waals surface area contributed by atoms with Crippen LogP contribution in [0, 0.1) is 0 Å². The lowest BCUT2D eigenvalue weighted by Crippen LogP contribution is -2.36. The molecule has 0 bridgehead atoms. The van der Waals surface area contributed by atoms with Crippen LogP contribution in [0.2, 0.25) is 0 Å². The van der Waals surface area contributed by atoms with Crippen molar-refractivity contribution < 1.29 is 17.9 Å². The Morgan fingerprint density at radius 3 is 2.22 bits per heavy atom. The summed E-state index contributed by atoms with van der Waals surface area (Å²) in [6, 6.07) is -2.14. The topological polar surface area (TPSA) is 87.3 Å². The highest BCUT2D eigenvalue weighted by molar-refractivity contribution is 5.30. The third kappa shape index (κ3) is 9.18. The lowest BCUT2D eigenvalue weighted by molar-refractivity contribution is -0.137. The monoisotopic (exact) mass is 335 g/mol. The summed E-state index contributed by atoms with van der Waals surface area (Å²) < 4.78 is 42.8. The number of unbranched alkanes of at least 4 members (excludes halogenated alkanes) is 1. The highest BCUT2D eigenvalue weighted by atomic mass is 19.4. The first-order valence-corrected chi connectivity index (χ1v) is 7.72. The Morgan fingerprint density at radius 1 is 1.13 bits per heavy atom. The lowest BCUT2D eigenvalue weighted by Gasteiger charge is -2.17. The highest BCUT2D eigenvalue weighted by Crippen LogP contribution is 2.20. The van der Waals surface area contributed by atoms with Gasteiger partial charge in [-0.1, -0.05) is 26.7 Å². The van der Waals surface area contributed by atoms with E-state index in [9.17, 15) is 13.2 Å². The molecule has 0 aliphatic rings. The van der Waals surface area contributed by atoms with Crippen LogP contribution in [0.25, 0.3) is 0 Å². The van der Waals surface area contributed by atoms with Crippen LogP contribution < -0.4 is 17.2 Å². The Kier molecular flexibility index (Phi) is 9.48. The maximum absolute atomic E-state index is 12.4. The SMILES string of the molecule is CCCCC(CC)O/C(C)=C/C=C(\N)C(N)=CC(N)C(F)(F)F. The molecule has 0 saturated carbocycles.